The van der Waals surface area contributed by atoms with E-state index in [1.165, 1.54) is 31.2 Å². The lowest BCUT2D eigenvalue weighted by Crippen LogP contribution is -2.24. The highest BCUT2D eigenvalue weighted by Gasteiger charge is 2.20. The van der Waals surface area contributed by atoms with Crippen LogP contribution < -0.4 is 0 Å². The number of carbonyl (C=O) groups is 2. The minimum atomic E-state index is -0.944. The van der Waals surface area contributed by atoms with Crippen LogP contribution in [0.25, 0.3) is 0 Å². The molecule has 0 heterocycles. The molecule has 0 aliphatic carbocycles. The molecule has 0 fully saturated rings. The summed E-state index contributed by atoms with van der Waals surface area (Å²) in [5.41, 5.74) is 1.62. The molecule has 0 bridgehead atoms. The molecule has 0 saturated heterocycles. The van der Waals surface area contributed by atoms with Gasteiger partial charge in [0.25, 0.3) is 5.69 Å². The molecular formula is C18H17NO5. The van der Waals surface area contributed by atoms with Crippen LogP contribution in [0.4, 0.5) is 5.69 Å². The number of ketones is 1. The van der Waals surface area contributed by atoms with Crippen molar-refractivity contribution in [1.82, 2.24) is 0 Å². The minimum absolute atomic E-state index is 0.119. The normalized spacial score (nSPS) is 11.6. The Bertz CT molecular complexity index is 750. The predicted octanol–water partition coefficient (Wildman–Crippen LogP) is 3.59. The third-order valence-electron chi connectivity index (χ3n) is 3.61. The van der Waals surface area contributed by atoms with E-state index in [9.17, 15) is 19.7 Å². The van der Waals surface area contributed by atoms with Crippen LogP contribution >= 0.6 is 0 Å². The molecule has 1 unspecified atom stereocenters. The van der Waals surface area contributed by atoms with Gasteiger partial charge in [-0.1, -0.05) is 31.2 Å². The molecule has 6 nitrogen and oxygen atoms in total. The van der Waals surface area contributed by atoms with Gasteiger partial charge in [-0.05, 0) is 31.0 Å². The van der Waals surface area contributed by atoms with E-state index in [4.69, 9.17) is 4.74 Å². The summed E-state index contributed by atoms with van der Waals surface area (Å²) in [5, 5.41) is 10.6. The highest BCUT2D eigenvalue weighted by molar-refractivity contribution is 6.01. The summed E-state index contributed by atoms with van der Waals surface area (Å²) in [6.07, 6.45) is -0.0701. The van der Waals surface area contributed by atoms with Gasteiger partial charge in [0.05, 0.1) is 10.5 Å². The number of non-ortho nitro benzene ring substituents is 1. The van der Waals surface area contributed by atoms with Gasteiger partial charge >= 0.3 is 5.97 Å². The van der Waals surface area contributed by atoms with Crippen molar-refractivity contribution in [2.45, 2.75) is 26.4 Å². The number of nitro benzene ring substituents is 1. The van der Waals surface area contributed by atoms with Gasteiger partial charge in [0.1, 0.15) is 0 Å². The number of benzene rings is 2. The summed E-state index contributed by atoms with van der Waals surface area (Å²) >= 11 is 0. The summed E-state index contributed by atoms with van der Waals surface area (Å²) in [6.45, 7) is 3.52. The lowest BCUT2D eigenvalue weighted by Gasteiger charge is -2.12. The van der Waals surface area contributed by atoms with Crippen molar-refractivity contribution >= 4 is 17.4 Å². The first-order chi connectivity index (χ1) is 11.4. The van der Waals surface area contributed by atoms with Gasteiger partial charge in [0, 0.05) is 17.7 Å². The van der Waals surface area contributed by atoms with E-state index in [0.29, 0.717) is 5.56 Å². The van der Waals surface area contributed by atoms with E-state index in [1.807, 2.05) is 19.1 Å². The van der Waals surface area contributed by atoms with Crippen molar-refractivity contribution in [3.05, 3.63) is 75.3 Å². The van der Waals surface area contributed by atoms with Crippen LogP contribution in [0.2, 0.25) is 0 Å². The zero-order valence-electron chi connectivity index (χ0n) is 13.4. The van der Waals surface area contributed by atoms with Crippen molar-refractivity contribution in [3.8, 4) is 0 Å². The summed E-state index contributed by atoms with van der Waals surface area (Å²) in [6, 6.07) is 12.2. The lowest BCUT2D eigenvalue weighted by molar-refractivity contribution is -0.384. The monoisotopic (exact) mass is 327 g/mol. The maximum atomic E-state index is 12.3. The number of Topliss-reactive ketones (excluding diaryl/α,β-unsaturated/α-hetero) is 1. The Morgan fingerprint density at radius 1 is 1.04 bits per heavy atom. The van der Waals surface area contributed by atoms with Crippen molar-refractivity contribution in [3.63, 3.8) is 0 Å². The molecule has 0 saturated carbocycles. The van der Waals surface area contributed by atoms with E-state index >= 15 is 0 Å². The predicted molar refractivity (Wildman–Crippen MR) is 88.1 cm³/mol. The van der Waals surface area contributed by atoms with Crippen molar-refractivity contribution in [1.29, 1.82) is 0 Å². The van der Waals surface area contributed by atoms with E-state index in [0.717, 1.165) is 12.0 Å². The van der Waals surface area contributed by atoms with Gasteiger partial charge in [-0.15, -0.1) is 0 Å². The van der Waals surface area contributed by atoms with Crippen molar-refractivity contribution in [2.24, 2.45) is 0 Å². The summed E-state index contributed by atoms with van der Waals surface area (Å²) in [5.74, 6) is -0.996. The van der Waals surface area contributed by atoms with E-state index < -0.39 is 17.0 Å². The molecule has 124 valence electrons. The molecule has 0 aliphatic heterocycles. The molecule has 2 aromatic rings. The molecule has 2 rings (SSSR count). The number of rotatable bonds is 6. The molecule has 0 aliphatic rings. The summed E-state index contributed by atoms with van der Waals surface area (Å²) in [7, 11) is 0. The maximum Gasteiger partial charge on any atom is 0.338 e. The number of esters is 1. The first kappa shape index (κ1) is 17.3. The average molecular weight is 327 g/mol. The molecule has 0 spiro atoms. The standard InChI is InChI=1S/C18H17NO5/c1-3-13-4-6-14(7-5-13)17(20)12(2)24-18(21)15-8-10-16(11-9-15)19(22)23/h4-12H,3H2,1-2H3. The van der Waals surface area contributed by atoms with E-state index in [-0.39, 0.29) is 17.0 Å². The number of nitrogens with zero attached hydrogens (tertiary/aromatic N) is 1. The number of hydrogen-bond acceptors (Lipinski definition) is 5. The van der Waals surface area contributed by atoms with E-state index in [2.05, 4.69) is 0 Å². The van der Waals surface area contributed by atoms with Crippen LogP contribution in [0.1, 0.15) is 40.1 Å². The molecule has 2 aromatic carbocycles. The first-order valence-electron chi connectivity index (χ1n) is 7.51. The van der Waals surface area contributed by atoms with Gasteiger partial charge in [-0.25, -0.2) is 4.79 Å². The van der Waals surface area contributed by atoms with Crippen LogP contribution in [0.5, 0.6) is 0 Å². The smallest absolute Gasteiger partial charge is 0.338 e. The lowest BCUT2D eigenvalue weighted by atomic mass is 10.0. The van der Waals surface area contributed by atoms with Gasteiger partial charge in [-0.2, -0.15) is 0 Å². The Balaban J connectivity index is 2.04. The van der Waals surface area contributed by atoms with Crippen LogP contribution in [0.15, 0.2) is 48.5 Å². The fourth-order valence-corrected chi connectivity index (χ4v) is 2.14. The third kappa shape index (κ3) is 4.04. The maximum absolute atomic E-state index is 12.3. The number of ether oxygens (including phenoxy) is 1. The first-order valence-corrected chi connectivity index (χ1v) is 7.51. The van der Waals surface area contributed by atoms with Gasteiger partial charge < -0.3 is 4.74 Å². The minimum Gasteiger partial charge on any atom is -0.451 e. The third-order valence-corrected chi connectivity index (χ3v) is 3.61. The zero-order chi connectivity index (χ0) is 17.7. The second kappa shape index (κ2) is 7.50. The van der Waals surface area contributed by atoms with Crippen LogP contribution in [0.3, 0.4) is 0 Å². The van der Waals surface area contributed by atoms with Crippen LogP contribution in [-0.2, 0) is 11.2 Å². The zero-order valence-corrected chi connectivity index (χ0v) is 13.4. The molecule has 24 heavy (non-hydrogen) atoms. The highest BCUT2D eigenvalue weighted by Crippen LogP contribution is 2.15. The van der Waals surface area contributed by atoms with Gasteiger partial charge in [-0.3, -0.25) is 14.9 Å². The second-order valence-electron chi connectivity index (χ2n) is 5.27. The fraction of sp³-hybridized carbons (Fsp3) is 0.222. The molecular weight excluding hydrogens is 310 g/mol. The Labute approximate surface area is 139 Å². The average Bonchev–Trinajstić information content (AvgIpc) is 2.61. The SMILES string of the molecule is CCc1ccc(C(=O)C(C)OC(=O)c2ccc([N+](=O)[O-])cc2)cc1. The molecule has 0 amide bonds. The Morgan fingerprint density at radius 2 is 1.58 bits per heavy atom. The Hall–Kier alpha value is -3.02. The second-order valence-corrected chi connectivity index (χ2v) is 5.27. The molecule has 1 atom stereocenters. The van der Waals surface area contributed by atoms with Crippen LogP contribution in [0, 0.1) is 10.1 Å². The van der Waals surface area contributed by atoms with Crippen LogP contribution in [-0.4, -0.2) is 22.8 Å². The summed E-state index contributed by atoms with van der Waals surface area (Å²) < 4.78 is 5.15. The Kier molecular flexibility index (Phi) is 5.42. The largest absolute Gasteiger partial charge is 0.451 e. The molecule has 0 aromatic heterocycles. The molecule has 0 N–H and O–H groups in total. The van der Waals surface area contributed by atoms with Crippen molar-refractivity contribution in [2.75, 3.05) is 0 Å². The fourth-order valence-electron chi connectivity index (χ4n) is 2.14. The number of aryl methyl sites for hydroxylation is 1. The van der Waals surface area contributed by atoms with Crippen molar-refractivity contribution < 1.29 is 19.2 Å². The summed E-state index contributed by atoms with van der Waals surface area (Å²) in [4.78, 5) is 34.4. The Morgan fingerprint density at radius 3 is 2.08 bits per heavy atom. The topological polar surface area (TPSA) is 86.5 Å². The number of nitro groups is 1. The number of hydrogen-bond donors (Lipinski definition) is 0. The quantitative estimate of drug-likeness (QED) is 0.350. The highest BCUT2D eigenvalue weighted by atomic mass is 16.6. The molecule has 6 heteroatoms. The molecule has 0 radical (unpaired) electrons. The number of carbonyl (C=O) groups excluding carboxylic acids is 2. The van der Waals surface area contributed by atoms with Gasteiger partial charge in [0.15, 0.2) is 6.10 Å². The van der Waals surface area contributed by atoms with Gasteiger partial charge in [0.2, 0.25) is 5.78 Å². The van der Waals surface area contributed by atoms with E-state index in [1.54, 1.807) is 12.1 Å².